The van der Waals surface area contributed by atoms with Gasteiger partial charge in [0.1, 0.15) is 0 Å². The summed E-state index contributed by atoms with van der Waals surface area (Å²) in [6.07, 6.45) is -0.309. The molecule has 1 atom stereocenters. The number of amides is 2. The molecule has 1 aliphatic heterocycles. The maximum atomic E-state index is 12.8. The lowest BCUT2D eigenvalue weighted by Crippen LogP contribution is -2.41. The van der Waals surface area contributed by atoms with Gasteiger partial charge in [-0.05, 0) is 30.9 Å². The number of hydrogen-bond donors (Lipinski definition) is 0. The molecule has 0 saturated carbocycles. The molecule has 0 radical (unpaired) electrons. The average molecular weight is 393 g/mol. The first-order valence-corrected chi connectivity index (χ1v) is 9.33. The first-order chi connectivity index (χ1) is 14.0. The normalized spacial score (nSPS) is 14.3. The van der Waals surface area contributed by atoms with Crippen LogP contribution in [0.5, 0.6) is 0 Å². The van der Waals surface area contributed by atoms with Crippen molar-refractivity contribution < 1.29 is 23.5 Å². The van der Waals surface area contributed by atoms with E-state index >= 15 is 0 Å². The monoisotopic (exact) mass is 393 g/mol. The van der Waals surface area contributed by atoms with E-state index in [4.69, 9.17) is 9.15 Å². The van der Waals surface area contributed by atoms with Crippen LogP contribution in [-0.4, -0.2) is 39.4 Å². The molecule has 0 N–H and O–H groups in total. The number of ether oxygens (including phenoxy) is 1. The molecule has 2 aromatic carbocycles. The van der Waals surface area contributed by atoms with Crippen LogP contribution >= 0.6 is 0 Å². The van der Waals surface area contributed by atoms with E-state index in [9.17, 15) is 14.4 Å². The van der Waals surface area contributed by atoms with E-state index in [1.807, 2.05) is 12.1 Å². The van der Waals surface area contributed by atoms with Gasteiger partial charge in [0.25, 0.3) is 17.7 Å². The maximum absolute atomic E-state index is 12.8. The van der Waals surface area contributed by atoms with Crippen molar-refractivity contribution in [1.82, 2.24) is 15.1 Å². The summed E-state index contributed by atoms with van der Waals surface area (Å²) in [5.74, 6) is -0.542. The molecule has 2 amide bonds. The minimum absolute atomic E-state index is 0.0559. The number of aryl methyl sites for hydroxylation is 1. The number of esters is 1. The number of rotatable bonds is 6. The minimum Gasteiger partial charge on any atom is -0.453 e. The molecule has 1 aromatic heterocycles. The molecule has 148 valence electrons. The van der Waals surface area contributed by atoms with Gasteiger partial charge in [-0.2, -0.15) is 0 Å². The Morgan fingerprint density at radius 2 is 1.76 bits per heavy atom. The quantitative estimate of drug-likeness (QED) is 0.468. The van der Waals surface area contributed by atoms with Crippen molar-refractivity contribution in [2.75, 3.05) is 6.54 Å². The summed E-state index contributed by atoms with van der Waals surface area (Å²) >= 11 is 0. The van der Waals surface area contributed by atoms with Crippen molar-refractivity contribution in [3.63, 3.8) is 0 Å². The van der Waals surface area contributed by atoms with E-state index in [2.05, 4.69) is 10.2 Å². The van der Waals surface area contributed by atoms with Gasteiger partial charge in [-0.1, -0.05) is 24.3 Å². The van der Waals surface area contributed by atoms with Crippen molar-refractivity contribution in [3.8, 4) is 0 Å². The molecule has 8 heteroatoms. The third-order valence-electron chi connectivity index (χ3n) is 4.82. The van der Waals surface area contributed by atoms with E-state index in [-0.39, 0.29) is 30.7 Å². The lowest BCUT2D eigenvalue weighted by atomic mass is 9.94. The van der Waals surface area contributed by atoms with Crippen LogP contribution in [-0.2, 0) is 9.53 Å². The molecule has 8 nitrogen and oxygen atoms in total. The molecule has 2 heterocycles. The minimum atomic E-state index is -0.661. The number of carbonyl (C=O) groups is 3. The Balaban J connectivity index is 1.40. The standard InChI is InChI=1S/C21H19N3O5/c1-12(19-23-22-13(2)29-19)28-17(25)10-5-11-24-20(26)15-8-3-6-14-7-4-9-16(18(14)15)21(24)27/h3-4,6-9,12H,5,10-11H2,1-2H3. The summed E-state index contributed by atoms with van der Waals surface area (Å²) in [6, 6.07) is 10.8. The summed E-state index contributed by atoms with van der Waals surface area (Å²) < 4.78 is 10.5. The van der Waals surface area contributed by atoms with Crippen LogP contribution in [0, 0.1) is 6.92 Å². The fourth-order valence-electron chi connectivity index (χ4n) is 3.45. The predicted octanol–water partition coefficient (Wildman–Crippen LogP) is 3.21. The third-order valence-corrected chi connectivity index (χ3v) is 4.82. The zero-order valence-electron chi connectivity index (χ0n) is 16.0. The van der Waals surface area contributed by atoms with Gasteiger partial charge in [0.05, 0.1) is 0 Å². The Morgan fingerprint density at radius 1 is 1.10 bits per heavy atom. The van der Waals surface area contributed by atoms with E-state index in [0.29, 0.717) is 28.8 Å². The second kappa shape index (κ2) is 7.46. The van der Waals surface area contributed by atoms with Gasteiger partial charge in [0, 0.05) is 36.4 Å². The third kappa shape index (κ3) is 3.49. The van der Waals surface area contributed by atoms with Crippen molar-refractivity contribution in [2.24, 2.45) is 0 Å². The molecular formula is C21H19N3O5. The zero-order valence-corrected chi connectivity index (χ0v) is 16.0. The molecule has 3 aromatic rings. The van der Waals surface area contributed by atoms with Crippen LogP contribution in [0.3, 0.4) is 0 Å². The summed E-state index contributed by atoms with van der Waals surface area (Å²) in [5.41, 5.74) is 1.00. The molecule has 0 spiro atoms. The summed E-state index contributed by atoms with van der Waals surface area (Å²) in [5, 5.41) is 9.06. The van der Waals surface area contributed by atoms with Crippen LogP contribution in [0.15, 0.2) is 40.8 Å². The Kier molecular flexibility index (Phi) is 4.84. The smallest absolute Gasteiger partial charge is 0.306 e. The van der Waals surface area contributed by atoms with Crippen molar-refractivity contribution in [3.05, 3.63) is 59.3 Å². The highest BCUT2D eigenvalue weighted by atomic mass is 16.6. The number of aromatic nitrogens is 2. The fraction of sp³-hybridized carbons (Fsp3) is 0.286. The van der Waals surface area contributed by atoms with Gasteiger partial charge in [0.15, 0.2) is 6.10 Å². The molecule has 0 aliphatic carbocycles. The number of imide groups is 1. The van der Waals surface area contributed by atoms with E-state index < -0.39 is 12.1 Å². The molecule has 1 aliphatic rings. The number of nitrogens with zero attached hydrogens (tertiary/aromatic N) is 3. The largest absolute Gasteiger partial charge is 0.453 e. The molecule has 0 fully saturated rings. The average Bonchev–Trinajstić information content (AvgIpc) is 3.15. The van der Waals surface area contributed by atoms with Gasteiger partial charge in [-0.25, -0.2) is 0 Å². The van der Waals surface area contributed by atoms with E-state index in [1.54, 1.807) is 38.1 Å². The Bertz CT molecular complexity index is 1070. The lowest BCUT2D eigenvalue weighted by Gasteiger charge is -2.27. The van der Waals surface area contributed by atoms with Gasteiger partial charge < -0.3 is 9.15 Å². The van der Waals surface area contributed by atoms with Gasteiger partial charge in [0.2, 0.25) is 5.89 Å². The highest BCUT2D eigenvalue weighted by Gasteiger charge is 2.32. The van der Waals surface area contributed by atoms with Crippen LogP contribution in [0.25, 0.3) is 10.8 Å². The zero-order chi connectivity index (χ0) is 20.5. The van der Waals surface area contributed by atoms with Crippen molar-refractivity contribution >= 4 is 28.6 Å². The van der Waals surface area contributed by atoms with E-state index in [0.717, 1.165) is 5.39 Å². The van der Waals surface area contributed by atoms with Gasteiger partial charge >= 0.3 is 5.97 Å². The van der Waals surface area contributed by atoms with E-state index in [1.165, 1.54) is 4.90 Å². The summed E-state index contributed by atoms with van der Waals surface area (Å²) in [7, 11) is 0. The van der Waals surface area contributed by atoms with Crippen LogP contribution in [0.2, 0.25) is 0 Å². The fourth-order valence-corrected chi connectivity index (χ4v) is 3.45. The molecule has 0 bridgehead atoms. The molecule has 4 rings (SSSR count). The Hall–Kier alpha value is -3.55. The second-order valence-electron chi connectivity index (χ2n) is 6.87. The number of carbonyl (C=O) groups excluding carboxylic acids is 3. The Labute approximate surface area is 166 Å². The number of hydrogen-bond acceptors (Lipinski definition) is 7. The maximum Gasteiger partial charge on any atom is 0.306 e. The first kappa shape index (κ1) is 18.8. The second-order valence-corrected chi connectivity index (χ2v) is 6.87. The highest BCUT2D eigenvalue weighted by Crippen LogP contribution is 2.30. The molecule has 1 unspecified atom stereocenters. The Morgan fingerprint density at radius 3 is 2.34 bits per heavy atom. The topological polar surface area (TPSA) is 103 Å². The van der Waals surface area contributed by atoms with Crippen LogP contribution in [0.1, 0.15) is 58.4 Å². The summed E-state index contributed by atoms with van der Waals surface area (Å²) in [4.78, 5) is 38.9. The van der Waals surface area contributed by atoms with Crippen LogP contribution < -0.4 is 0 Å². The first-order valence-electron chi connectivity index (χ1n) is 9.33. The summed E-state index contributed by atoms with van der Waals surface area (Å²) in [6.45, 7) is 3.42. The molecule has 0 saturated heterocycles. The highest BCUT2D eigenvalue weighted by molar-refractivity contribution is 6.25. The lowest BCUT2D eigenvalue weighted by molar-refractivity contribution is -0.149. The van der Waals surface area contributed by atoms with Crippen LogP contribution in [0.4, 0.5) is 0 Å². The SMILES string of the molecule is Cc1nnc(C(C)OC(=O)CCCN2C(=O)c3cccc4cccc(c34)C2=O)o1. The van der Waals surface area contributed by atoms with Gasteiger partial charge in [-0.15, -0.1) is 10.2 Å². The van der Waals surface area contributed by atoms with Crippen molar-refractivity contribution in [2.45, 2.75) is 32.8 Å². The number of benzene rings is 2. The molecule has 29 heavy (non-hydrogen) atoms. The molecular weight excluding hydrogens is 374 g/mol. The van der Waals surface area contributed by atoms with Crippen molar-refractivity contribution in [1.29, 1.82) is 0 Å². The predicted molar refractivity (Wildman–Crippen MR) is 102 cm³/mol. The van der Waals surface area contributed by atoms with Gasteiger partial charge in [-0.3, -0.25) is 19.3 Å².